The predicted molar refractivity (Wildman–Crippen MR) is 59.6 cm³/mol. The van der Waals surface area contributed by atoms with E-state index < -0.39 is 0 Å². The van der Waals surface area contributed by atoms with Crippen LogP contribution in [0.3, 0.4) is 0 Å². The van der Waals surface area contributed by atoms with Crippen LogP contribution in [0.4, 0.5) is 5.69 Å². The van der Waals surface area contributed by atoms with Crippen LogP contribution < -0.4 is 10.1 Å². The highest BCUT2D eigenvalue weighted by molar-refractivity contribution is 7.80. The number of amides is 1. The molecule has 0 saturated heterocycles. The van der Waals surface area contributed by atoms with Crippen LogP contribution in [-0.2, 0) is 4.79 Å². The van der Waals surface area contributed by atoms with E-state index in [9.17, 15) is 4.79 Å². The van der Waals surface area contributed by atoms with E-state index in [1.807, 2.05) is 12.1 Å². The smallest absolute Gasteiger partial charge is 0.221 e. The molecule has 0 radical (unpaired) electrons. The summed E-state index contributed by atoms with van der Waals surface area (Å²) in [6.45, 7) is 3.13. The fraction of sp³-hybridized carbons (Fsp3) is 0.200. The summed E-state index contributed by atoms with van der Waals surface area (Å²) in [5.41, 5.74) is 0.629. The predicted octanol–water partition coefficient (Wildman–Crippen LogP) is 2.37. The Morgan fingerprint density at radius 1 is 1.36 bits per heavy atom. The number of benzene rings is 1. The van der Waals surface area contributed by atoms with Crippen LogP contribution in [0.25, 0.3) is 0 Å². The van der Waals surface area contributed by atoms with E-state index in [4.69, 9.17) is 17.0 Å². The van der Waals surface area contributed by atoms with Gasteiger partial charge in [0.1, 0.15) is 0 Å². The Balaban J connectivity index is 2.90. The van der Waals surface area contributed by atoms with Crippen LogP contribution in [0.15, 0.2) is 24.3 Å². The van der Waals surface area contributed by atoms with Crippen LogP contribution in [0, 0.1) is 0 Å². The Kier molecular flexibility index (Phi) is 3.59. The molecule has 4 heteroatoms. The largest absolute Gasteiger partial charge is 0.448 e. The van der Waals surface area contributed by atoms with E-state index in [-0.39, 0.29) is 5.91 Å². The lowest BCUT2D eigenvalue weighted by Gasteiger charge is -2.09. The van der Waals surface area contributed by atoms with Crippen LogP contribution in [-0.4, -0.2) is 11.0 Å². The number of carbonyl (C=O) groups is 1. The van der Waals surface area contributed by atoms with Gasteiger partial charge in [-0.1, -0.05) is 12.1 Å². The normalized spacial score (nSPS) is 9.29. The summed E-state index contributed by atoms with van der Waals surface area (Å²) in [5, 5.41) is 3.07. The molecule has 1 N–H and O–H groups in total. The number of para-hydroxylation sites is 2. The van der Waals surface area contributed by atoms with E-state index in [1.165, 1.54) is 6.92 Å². The van der Waals surface area contributed by atoms with Gasteiger partial charge in [0.2, 0.25) is 5.91 Å². The van der Waals surface area contributed by atoms with Gasteiger partial charge in [0.25, 0.3) is 0 Å². The molecule has 0 aliphatic carbocycles. The molecule has 1 rings (SSSR count). The summed E-state index contributed by atoms with van der Waals surface area (Å²) >= 11 is 4.82. The van der Waals surface area contributed by atoms with Crippen LogP contribution in [0.5, 0.6) is 5.75 Å². The summed E-state index contributed by atoms with van der Waals surface area (Å²) < 4.78 is 5.26. The highest BCUT2D eigenvalue weighted by Crippen LogP contribution is 2.23. The Morgan fingerprint density at radius 3 is 2.57 bits per heavy atom. The molecule has 0 aliphatic rings. The van der Waals surface area contributed by atoms with Gasteiger partial charge in [-0.25, -0.2) is 0 Å². The van der Waals surface area contributed by atoms with Crippen molar-refractivity contribution in [1.82, 2.24) is 0 Å². The van der Waals surface area contributed by atoms with Gasteiger partial charge in [-0.3, -0.25) is 4.79 Å². The monoisotopic (exact) mass is 209 g/mol. The van der Waals surface area contributed by atoms with Crippen molar-refractivity contribution < 1.29 is 9.53 Å². The van der Waals surface area contributed by atoms with Gasteiger partial charge in [-0.2, -0.15) is 0 Å². The third-order valence-corrected chi connectivity index (χ3v) is 1.53. The first-order valence-corrected chi connectivity index (χ1v) is 4.55. The molecular formula is C10H11NO2S. The number of thiocarbonyl (C=S) groups is 1. The molecule has 0 heterocycles. The first-order chi connectivity index (χ1) is 6.59. The lowest BCUT2D eigenvalue weighted by Crippen LogP contribution is -2.08. The minimum atomic E-state index is -0.136. The zero-order valence-electron chi connectivity index (χ0n) is 8.03. The summed E-state index contributed by atoms with van der Waals surface area (Å²) in [4.78, 5) is 10.9. The van der Waals surface area contributed by atoms with Crippen molar-refractivity contribution >= 4 is 28.9 Å². The molecule has 1 amide bonds. The van der Waals surface area contributed by atoms with Crippen molar-refractivity contribution in [3.63, 3.8) is 0 Å². The molecule has 14 heavy (non-hydrogen) atoms. The zero-order chi connectivity index (χ0) is 10.6. The molecule has 0 saturated carbocycles. The van der Waals surface area contributed by atoms with Crippen LogP contribution in [0.1, 0.15) is 13.8 Å². The molecule has 1 aromatic rings. The molecule has 3 nitrogen and oxygen atoms in total. The Bertz CT molecular complexity index is 328. The van der Waals surface area contributed by atoms with Gasteiger partial charge in [0, 0.05) is 13.8 Å². The molecule has 0 bridgehead atoms. The number of nitrogens with one attached hydrogen (secondary N) is 1. The van der Waals surface area contributed by atoms with E-state index in [1.54, 1.807) is 19.1 Å². The average molecular weight is 209 g/mol. The number of ether oxygens (including phenoxy) is 1. The van der Waals surface area contributed by atoms with Crippen LogP contribution >= 0.6 is 12.2 Å². The summed E-state index contributed by atoms with van der Waals surface area (Å²) in [5.74, 6) is 0.429. The number of rotatable bonds is 2. The van der Waals surface area contributed by atoms with Gasteiger partial charge in [0.05, 0.1) is 5.69 Å². The summed E-state index contributed by atoms with van der Waals surface area (Å²) in [6, 6.07) is 7.14. The fourth-order valence-electron chi connectivity index (χ4n) is 1.00. The third-order valence-electron chi connectivity index (χ3n) is 1.45. The molecule has 0 aromatic heterocycles. The van der Waals surface area contributed by atoms with E-state index in [0.717, 1.165) is 0 Å². The SMILES string of the molecule is CC(=O)Nc1ccccc1OC(C)=S. The number of hydrogen-bond donors (Lipinski definition) is 1. The van der Waals surface area contributed by atoms with Gasteiger partial charge < -0.3 is 10.1 Å². The minimum absolute atomic E-state index is 0.136. The quantitative estimate of drug-likeness (QED) is 0.760. The second-order valence-corrected chi connectivity index (χ2v) is 3.35. The number of anilines is 1. The van der Waals surface area contributed by atoms with E-state index in [0.29, 0.717) is 16.5 Å². The topological polar surface area (TPSA) is 38.3 Å². The molecule has 74 valence electrons. The Morgan fingerprint density at radius 2 is 2.00 bits per heavy atom. The maximum absolute atomic E-state index is 10.9. The van der Waals surface area contributed by atoms with Crippen molar-refractivity contribution in [2.45, 2.75) is 13.8 Å². The summed E-state index contributed by atoms with van der Waals surface area (Å²) in [7, 11) is 0. The lowest BCUT2D eigenvalue weighted by molar-refractivity contribution is -0.114. The van der Waals surface area contributed by atoms with E-state index in [2.05, 4.69) is 5.32 Å². The zero-order valence-corrected chi connectivity index (χ0v) is 8.85. The highest BCUT2D eigenvalue weighted by Gasteiger charge is 2.04. The first kappa shape index (κ1) is 10.7. The van der Waals surface area contributed by atoms with E-state index >= 15 is 0 Å². The van der Waals surface area contributed by atoms with Gasteiger partial charge >= 0.3 is 0 Å². The van der Waals surface area contributed by atoms with Crippen molar-refractivity contribution in [1.29, 1.82) is 0 Å². The molecule has 0 unspecified atom stereocenters. The molecule has 0 fully saturated rings. The van der Waals surface area contributed by atoms with Gasteiger partial charge in [-0.05, 0) is 24.4 Å². The maximum atomic E-state index is 10.9. The standard InChI is InChI=1S/C10H11NO2S/c1-7(12)11-9-5-3-4-6-10(9)13-8(2)14/h3-6H,1-2H3,(H,11,12). The first-order valence-electron chi connectivity index (χ1n) is 4.14. The second-order valence-electron chi connectivity index (χ2n) is 2.77. The second kappa shape index (κ2) is 4.72. The summed E-state index contributed by atoms with van der Waals surface area (Å²) in [6.07, 6.45) is 0. The van der Waals surface area contributed by atoms with Crippen LogP contribution in [0.2, 0.25) is 0 Å². The molecular weight excluding hydrogens is 198 g/mol. The average Bonchev–Trinajstić information content (AvgIpc) is 2.06. The highest BCUT2D eigenvalue weighted by atomic mass is 32.1. The maximum Gasteiger partial charge on any atom is 0.221 e. The molecule has 0 spiro atoms. The molecule has 0 atom stereocenters. The van der Waals surface area contributed by atoms with Crippen molar-refractivity contribution in [3.8, 4) is 5.75 Å². The van der Waals surface area contributed by atoms with Crippen molar-refractivity contribution in [2.24, 2.45) is 0 Å². The van der Waals surface area contributed by atoms with Gasteiger partial charge in [-0.15, -0.1) is 0 Å². The lowest BCUT2D eigenvalue weighted by atomic mass is 10.3. The number of hydrogen-bond acceptors (Lipinski definition) is 3. The van der Waals surface area contributed by atoms with Crippen molar-refractivity contribution in [2.75, 3.05) is 5.32 Å². The van der Waals surface area contributed by atoms with Gasteiger partial charge in [0.15, 0.2) is 10.8 Å². The minimum Gasteiger partial charge on any atom is -0.448 e. The Hall–Kier alpha value is -1.42. The fourth-order valence-corrected chi connectivity index (χ4v) is 1.09. The molecule has 0 aliphatic heterocycles. The molecule has 1 aromatic carbocycles. The number of carbonyl (C=O) groups excluding carboxylic acids is 1. The Labute approximate surface area is 88.1 Å². The van der Waals surface area contributed by atoms with Crippen molar-refractivity contribution in [3.05, 3.63) is 24.3 Å². The third kappa shape index (κ3) is 3.14.